The van der Waals surface area contributed by atoms with Gasteiger partial charge in [0.2, 0.25) is 5.88 Å². The Morgan fingerprint density at radius 1 is 1.15 bits per heavy atom. The number of aromatic amines is 2. The number of nitrogens with zero attached hydrogens (tertiary/aromatic N) is 4. The molecule has 34 heavy (non-hydrogen) atoms. The monoisotopic (exact) mass is 460 g/mol. The largest absolute Gasteiger partial charge is 0.493 e. The molecule has 0 spiro atoms. The first-order valence-electron chi connectivity index (χ1n) is 11.1. The minimum absolute atomic E-state index is 0.0399. The Bertz CT molecular complexity index is 1340. The number of hydrogen-bond acceptors (Lipinski definition) is 6. The highest BCUT2D eigenvalue weighted by atomic mass is 16.5. The summed E-state index contributed by atoms with van der Waals surface area (Å²) in [5, 5.41) is 16.9. The van der Waals surface area contributed by atoms with Crippen LogP contribution in [0.4, 0.5) is 0 Å². The molecule has 1 fully saturated rings. The molecular weight excluding hydrogens is 436 g/mol. The van der Waals surface area contributed by atoms with Crippen LogP contribution in [0.25, 0.3) is 17.1 Å². The van der Waals surface area contributed by atoms with Crippen molar-refractivity contribution in [2.75, 3.05) is 13.2 Å². The highest BCUT2D eigenvalue weighted by Crippen LogP contribution is 2.30. The number of amides is 1. The van der Waals surface area contributed by atoms with E-state index < -0.39 is 5.69 Å². The summed E-state index contributed by atoms with van der Waals surface area (Å²) in [5.41, 5.74) is 0.825. The zero-order chi connectivity index (χ0) is 23.5. The standard InChI is InChI=1S/C24H24N6O4/c31-20-14-30(24(33)25-20)17-8-6-7-16(13-17)22-26-23(28-27-22)19-11-4-5-12-29(19)21(32)15-34-18-9-2-1-3-10-18/h1-3,6-10,13-14,19,31H,4-5,11-12,15H2,(H,25,33)(H,26,27,28). The molecule has 1 aliphatic rings. The van der Waals surface area contributed by atoms with E-state index in [4.69, 9.17) is 4.74 Å². The van der Waals surface area contributed by atoms with Crippen LogP contribution in [0.1, 0.15) is 31.1 Å². The van der Waals surface area contributed by atoms with Crippen LogP contribution < -0.4 is 10.4 Å². The maximum atomic E-state index is 13.0. The number of hydrogen-bond donors (Lipinski definition) is 3. The lowest BCUT2D eigenvalue weighted by atomic mass is 10.0. The summed E-state index contributed by atoms with van der Waals surface area (Å²) in [6.07, 6.45) is 4.01. The lowest BCUT2D eigenvalue weighted by Crippen LogP contribution is -2.41. The van der Waals surface area contributed by atoms with Crippen LogP contribution in [0.5, 0.6) is 11.6 Å². The average molecular weight is 460 g/mol. The lowest BCUT2D eigenvalue weighted by Gasteiger charge is -2.34. The Morgan fingerprint density at radius 2 is 2.00 bits per heavy atom. The summed E-state index contributed by atoms with van der Waals surface area (Å²) in [6.45, 7) is 0.592. The third kappa shape index (κ3) is 4.42. The zero-order valence-electron chi connectivity index (χ0n) is 18.3. The number of aromatic nitrogens is 5. The van der Waals surface area contributed by atoms with Gasteiger partial charge in [0.25, 0.3) is 5.91 Å². The predicted octanol–water partition coefficient (Wildman–Crippen LogP) is 2.79. The molecule has 5 rings (SSSR count). The van der Waals surface area contributed by atoms with Gasteiger partial charge in [0.1, 0.15) is 11.6 Å². The summed E-state index contributed by atoms with van der Waals surface area (Å²) in [7, 11) is 0. The van der Waals surface area contributed by atoms with Crippen molar-refractivity contribution in [2.45, 2.75) is 25.3 Å². The van der Waals surface area contributed by atoms with E-state index in [-0.39, 0.29) is 24.4 Å². The van der Waals surface area contributed by atoms with Crippen molar-refractivity contribution < 1.29 is 14.6 Å². The Labute approximate surface area is 194 Å². The van der Waals surface area contributed by atoms with Crippen LogP contribution in [0.3, 0.4) is 0 Å². The van der Waals surface area contributed by atoms with E-state index in [0.717, 1.165) is 19.3 Å². The van der Waals surface area contributed by atoms with Gasteiger partial charge in [-0.15, -0.1) is 0 Å². The minimum Gasteiger partial charge on any atom is -0.493 e. The van der Waals surface area contributed by atoms with Crippen molar-refractivity contribution in [3.63, 3.8) is 0 Å². The molecule has 1 saturated heterocycles. The molecule has 2 aromatic heterocycles. The first-order chi connectivity index (χ1) is 16.6. The molecule has 4 aromatic rings. The third-order valence-corrected chi connectivity index (χ3v) is 5.83. The van der Waals surface area contributed by atoms with Crippen molar-refractivity contribution in [2.24, 2.45) is 0 Å². The number of ether oxygens (including phenoxy) is 1. The van der Waals surface area contributed by atoms with Crippen molar-refractivity contribution in [1.82, 2.24) is 29.6 Å². The zero-order valence-corrected chi connectivity index (χ0v) is 18.3. The topological polar surface area (TPSA) is 129 Å². The summed E-state index contributed by atoms with van der Waals surface area (Å²) in [4.78, 5) is 33.8. The normalized spacial score (nSPS) is 15.9. The molecule has 1 atom stereocenters. The van der Waals surface area contributed by atoms with Gasteiger partial charge in [-0.2, -0.15) is 5.10 Å². The third-order valence-electron chi connectivity index (χ3n) is 5.83. The Morgan fingerprint density at radius 3 is 2.79 bits per heavy atom. The van der Waals surface area contributed by atoms with E-state index in [1.54, 1.807) is 23.1 Å². The molecule has 0 aliphatic carbocycles. The Balaban J connectivity index is 1.34. The number of H-pyrrole nitrogens is 2. The van der Waals surface area contributed by atoms with Crippen LogP contribution in [-0.4, -0.2) is 53.8 Å². The maximum Gasteiger partial charge on any atom is 0.332 e. The summed E-state index contributed by atoms with van der Waals surface area (Å²) < 4.78 is 6.97. The molecular formula is C24H24N6O4. The molecule has 0 radical (unpaired) electrons. The minimum atomic E-state index is -0.445. The number of carbonyl (C=O) groups excluding carboxylic acids is 1. The van der Waals surface area contributed by atoms with Crippen molar-refractivity contribution in [3.8, 4) is 28.7 Å². The van der Waals surface area contributed by atoms with E-state index in [9.17, 15) is 14.7 Å². The maximum absolute atomic E-state index is 13.0. The van der Waals surface area contributed by atoms with Gasteiger partial charge in [0.15, 0.2) is 12.4 Å². The summed E-state index contributed by atoms with van der Waals surface area (Å²) >= 11 is 0. The number of piperidine rings is 1. The van der Waals surface area contributed by atoms with E-state index in [2.05, 4.69) is 20.2 Å². The van der Waals surface area contributed by atoms with Crippen LogP contribution in [0, 0.1) is 0 Å². The van der Waals surface area contributed by atoms with E-state index >= 15 is 0 Å². The molecule has 0 bridgehead atoms. The van der Waals surface area contributed by atoms with Crippen LogP contribution in [0.15, 0.2) is 65.6 Å². The number of para-hydroxylation sites is 1. The summed E-state index contributed by atoms with van der Waals surface area (Å²) in [6, 6.07) is 16.2. The number of rotatable bonds is 6. The first-order valence-corrected chi connectivity index (χ1v) is 11.1. The van der Waals surface area contributed by atoms with Gasteiger partial charge in [-0.1, -0.05) is 30.3 Å². The first kappa shape index (κ1) is 21.5. The van der Waals surface area contributed by atoms with Crippen LogP contribution in [-0.2, 0) is 4.79 Å². The Kier molecular flexibility index (Phi) is 5.86. The molecule has 174 valence electrons. The number of imidazole rings is 1. The van der Waals surface area contributed by atoms with Crippen LogP contribution in [0.2, 0.25) is 0 Å². The second-order valence-corrected chi connectivity index (χ2v) is 8.11. The molecule has 3 N–H and O–H groups in total. The van der Waals surface area contributed by atoms with Gasteiger partial charge in [0.05, 0.1) is 17.9 Å². The molecule has 1 amide bonds. The Hall–Kier alpha value is -4.34. The second-order valence-electron chi connectivity index (χ2n) is 8.11. The van der Waals surface area contributed by atoms with Gasteiger partial charge >= 0.3 is 5.69 Å². The second kappa shape index (κ2) is 9.26. The fourth-order valence-corrected chi connectivity index (χ4v) is 4.18. The SMILES string of the molecule is O=C(COc1ccccc1)N1CCCCC1c1nc(-c2cccc(-n3cc(O)[nH]c3=O)c2)n[nH]1. The highest BCUT2D eigenvalue weighted by Gasteiger charge is 2.30. The molecule has 1 unspecified atom stereocenters. The fraction of sp³-hybridized carbons (Fsp3) is 0.250. The van der Waals surface area contributed by atoms with Gasteiger partial charge in [-0.3, -0.25) is 19.4 Å². The number of likely N-dealkylation sites (tertiary alicyclic amines) is 1. The molecule has 3 heterocycles. The number of nitrogens with one attached hydrogen (secondary N) is 2. The molecule has 0 saturated carbocycles. The summed E-state index contributed by atoms with van der Waals surface area (Å²) in [5.74, 6) is 1.42. The van der Waals surface area contributed by atoms with Gasteiger partial charge in [-0.25, -0.2) is 9.78 Å². The average Bonchev–Trinajstić information content (AvgIpc) is 3.49. The fourth-order valence-electron chi connectivity index (χ4n) is 4.18. The van der Waals surface area contributed by atoms with Crippen molar-refractivity contribution in [3.05, 3.63) is 77.1 Å². The molecule has 1 aliphatic heterocycles. The van der Waals surface area contributed by atoms with Crippen molar-refractivity contribution >= 4 is 5.91 Å². The van der Waals surface area contributed by atoms with E-state index in [0.29, 0.717) is 35.2 Å². The van der Waals surface area contributed by atoms with Crippen molar-refractivity contribution in [1.29, 1.82) is 0 Å². The predicted molar refractivity (Wildman–Crippen MR) is 124 cm³/mol. The van der Waals surface area contributed by atoms with Gasteiger partial charge in [-0.05, 0) is 43.5 Å². The lowest BCUT2D eigenvalue weighted by molar-refractivity contribution is -0.137. The van der Waals surface area contributed by atoms with Crippen LogP contribution >= 0.6 is 0 Å². The quantitative estimate of drug-likeness (QED) is 0.406. The number of aromatic hydroxyl groups is 1. The molecule has 2 aromatic carbocycles. The van der Waals surface area contributed by atoms with Gasteiger partial charge in [0, 0.05) is 12.1 Å². The highest BCUT2D eigenvalue weighted by molar-refractivity contribution is 5.78. The van der Waals surface area contributed by atoms with E-state index in [1.165, 1.54) is 10.8 Å². The van der Waals surface area contributed by atoms with Gasteiger partial charge < -0.3 is 14.7 Å². The molecule has 10 heteroatoms. The number of benzene rings is 2. The molecule has 10 nitrogen and oxygen atoms in total. The smallest absolute Gasteiger partial charge is 0.332 e. The number of carbonyl (C=O) groups is 1. The van der Waals surface area contributed by atoms with E-state index in [1.807, 2.05) is 36.4 Å².